The van der Waals surface area contributed by atoms with Gasteiger partial charge in [0.05, 0.1) is 6.04 Å². The van der Waals surface area contributed by atoms with E-state index < -0.39 is 35.9 Å². The number of fused-ring (bicyclic) bond motifs is 1. The van der Waals surface area contributed by atoms with Gasteiger partial charge in [-0.15, -0.1) is 0 Å². The number of para-hydroxylation sites is 1. The summed E-state index contributed by atoms with van der Waals surface area (Å²) in [6, 6.07) is 4.31. The molecule has 3 unspecified atom stereocenters. The Bertz CT molecular complexity index is 1120. The van der Waals surface area contributed by atoms with Gasteiger partial charge in [-0.1, -0.05) is 18.2 Å². The molecular formula is C23H36N10O4. The monoisotopic (exact) mass is 516 g/mol. The summed E-state index contributed by atoms with van der Waals surface area (Å²) in [7, 11) is 0. The number of nitrogens with zero attached hydrogens (tertiary/aromatic N) is 2. The van der Waals surface area contributed by atoms with E-state index in [0.29, 0.717) is 19.4 Å². The van der Waals surface area contributed by atoms with Crippen LogP contribution in [-0.4, -0.2) is 71.0 Å². The number of carboxylic acid groups (broad SMARTS) is 1. The fraction of sp³-hybridized carbons (Fsp3) is 0.435. The molecule has 14 nitrogen and oxygen atoms in total. The zero-order chi connectivity index (χ0) is 27.4. The van der Waals surface area contributed by atoms with E-state index in [1.54, 1.807) is 6.20 Å². The maximum absolute atomic E-state index is 13.2. The van der Waals surface area contributed by atoms with Crippen LogP contribution in [0.2, 0.25) is 0 Å². The summed E-state index contributed by atoms with van der Waals surface area (Å²) < 4.78 is 0. The molecule has 2 amide bonds. The lowest BCUT2D eigenvalue weighted by Gasteiger charge is -2.23. The fourth-order valence-corrected chi connectivity index (χ4v) is 3.69. The Morgan fingerprint density at radius 2 is 1.49 bits per heavy atom. The second-order valence-electron chi connectivity index (χ2n) is 8.53. The smallest absolute Gasteiger partial charge is 0.326 e. The number of hydrogen-bond donors (Lipinski definition) is 9. The first-order chi connectivity index (χ1) is 17.6. The van der Waals surface area contributed by atoms with E-state index in [2.05, 4.69) is 25.6 Å². The molecule has 1 aromatic carbocycles. The lowest BCUT2D eigenvalue weighted by atomic mass is 10.0. The molecule has 14 N–H and O–H groups in total. The molecule has 0 saturated carbocycles. The summed E-state index contributed by atoms with van der Waals surface area (Å²) >= 11 is 0. The molecule has 0 aliphatic rings. The third kappa shape index (κ3) is 9.68. The molecule has 0 aliphatic heterocycles. The highest BCUT2D eigenvalue weighted by Gasteiger charge is 2.28. The van der Waals surface area contributed by atoms with Crippen LogP contribution in [0.4, 0.5) is 0 Å². The summed E-state index contributed by atoms with van der Waals surface area (Å²) in [5.41, 5.74) is 28.8. The Morgan fingerprint density at radius 3 is 2.11 bits per heavy atom. The molecule has 0 fully saturated rings. The highest BCUT2D eigenvalue weighted by molar-refractivity contribution is 5.93. The van der Waals surface area contributed by atoms with E-state index in [1.165, 1.54) is 0 Å². The van der Waals surface area contributed by atoms with Crippen LogP contribution in [0.15, 0.2) is 40.4 Å². The number of carbonyl (C=O) groups excluding carboxylic acids is 2. The molecule has 37 heavy (non-hydrogen) atoms. The van der Waals surface area contributed by atoms with Gasteiger partial charge in [0.2, 0.25) is 11.8 Å². The van der Waals surface area contributed by atoms with Gasteiger partial charge in [0.25, 0.3) is 0 Å². The van der Waals surface area contributed by atoms with Crippen molar-refractivity contribution >= 4 is 40.6 Å². The van der Waals surface area contributed by atoms with Crippen LogP contribution in [-0.2, 0) is 20.8 Å². The first-order valence-corrected chi connectivity index (χ1v) is 11.8. The third-order valence-corrected chi connectivity index (χ3v) is 5.60. The highest BCUT2D eigenvalue weighted by atomic mass is 16.4. The van der Waals surface area contributed by atoms with Gasteiger partial charge in [0.15, 0.2) is 11.9 Å². The van der Waals surface area contributed by atoms with Gasteiger partial charge in [0.1, 0.15) is 12.1 Å². The lowest BCUT2D eigenvalue weighted by molar-refractivity contribution is -0.142. The number of H-pyrrole nitrogens is 1. The second-order valence-corrected chi connectivity index (χ2v) is 8.53. The number of hydrogen-bond acceptors (Lipinski definition) is 6. The number of amides is 2. The topological polar surface area (TPSA) is 266 Å². The van der Waals surface area contributed by atoms with Crippen molar-refractivity contribution in [3.05, 3.63) is 36.0 Å². The summed E-state index contributed by atoms with van der Waals surface area (Å²) in [5, 5.41) is 15.7. The SMILES string of the molecule is NC(N)=NCCCC(N)C(=O)NC(Cc1c[nH]c2ccccc12)C(=O)NC(CCCN=C(N)N)C(=O)O. The molecule has 0 aliphatic carbocycles. The molecule has 0 radical (unpaired) electrons. The predicted molar refractivity (Wildman–Crippen MR) is 141 cm³/mol. The van der Waals surface area contributed by atoms with Gasteiger partial charge in [-0.2, -0.15) is 0 Å². The maximum Gasteiger partial charge on any atom is 0.326 e. The minimum Gasteiger partial charge on any atom is -0.480 e. The number of aromatic amines is 1. The molecule has 0 spiro atoms. The van der Waals surface area contributed by atoms with E-state index >= 15 is 0 Å². The van der Waals surface area contributed by atoms with Crippen molar-refractivity contribution in [3.63, 3.8) is 0 Å². The first kappa shape index (κ1) is 28.9. The number of nitrogens with one attached hydrogen (secondary N) is 3. The number of benzene rings is 1. The van der Waals surface area contributed by atoms with Crippen LogP contribution in [0.3, 0.4) is 0 Å². The third-order valence-electron chi connectivity index (χ3n) is 5.60. The van der Waals surface area contributed by atoms with Crippen molar-refractivity contribution in [1.82, 2.24) is 15.6 Å². The molecule has 2 rings (SSSR count). The van der Waals surface area contributed by atoms with E-state index in [-0.39, 0.29) is 37.7 Å². The van der Waals surface area contributed by atoms with Gasteiger partial charge in [0, 0.05) is 36.6 Å². The first-order valence-electron chi connectivity index (χ1n) is 11.8. The highest BCUT2D eigenvalue weighted by Crippen LogP contribution is 2.19. The number of carbonyl (C=O) groups is 3. The summed E-state index contributed by atoms with van der Waals surface area (Å²) in [6.45, 7) is 0.523. The minimum absolute atomic E-state index is 0.0558. The van der Waals surface area contributed by atoms with Crippen LogP contribution in [0.5, 0.6) is 0 Å². The summed E-state index contributed by atoms with van der Waals surface area (Å²) in [5.74, 6) is -2.58. The fourth-order valence-electron chi connectivity index (χ4n) is 3.69. The molecule has 202 valence electrons. The molecule has 3 atom stereocenters. The zero-order valence-corrected chi connectivity index (χ0v) is 20.5. The molecule has 0 bridgehead atoms. The molecule has 2 aromatic rings. The molecule has 1 aromatic heterocycles. The van der Waals surface area contributed by atoms with Gasteiger partial charge < -0.3 is 49.4 Å². The van der Waals surface area contributed by atoms with Crippen LogP contribution in [0.1, 0.15) is 31.2 Å². The van der Waals surface area contributed by atoms with Crippen molar-refractivity contribution in [2.24, 2.45) is 38.7 Å². The largest absolute Gasteiger partial charge is 0.480 e. The van der Waals surface area contributed by atoms with Gasteiger partial charge in [-0.05, 0) is 37.3 Å². The summed E-state index contributed by atoms with van der Waals surface area (Å²) in [4.78, 5) is 48.6. The van der Waals surface area contributed by atoms with E-state index in [0.717, 1.165) is 16.5 Å². The lowest BCUT2D eigenvalue weighted by Crippen LogP contribution is -2.55. The number of nitrogens with two attached hydrogens (primary N) is 5. The number of aliphatic imine (C=N–C) groups is 2. The normalized spacial score (nSPS) is 13.2. The maximum atomic E-state index is 13.2. The van der Waals surface area contributed by atoms with Crippen molar-refractivity contribution in [2.45, 2.75) is 50.2 Å². The van der Waals surface area contributed by atoms with E-state index in [1.807, 2.05) is 24.3 Å². The minimum atomic E-state index is -1.22. The number of guanidine groups is 2. The van der Waals surface area contributed by atoms with Crippen molar-refractivity contribution in [3.8, 4) is 0 Å². The van der Waals surface area contributed by atoms with E-state index in [4.69, 9.17) is 28.7 Å². The molecular weight excluding hydrogens is 480 g/mol. The molecule has 1 heterocycles. The number of carboxylic acids is 1. The number of aromatic nitrogens is 1. The van der Waals surface area contributed by atoms with Crippen molar-refractivity contribution in [2.75, 3.05) is 13.1 Å². The predicted octanol–water partition coefficient (Wildman–Crippen LogP) is -1.80. The Balaban J connectivity index is 2.14. The van der Waals surface area contributed by atoms with Crippen LogP contribution < -0.4 is 39.3 Å². The standard InChI is InChI=1S/C23H36N10O4/c24-15(6-3-9-29-22(25)26)19(34)33-18(11-13-12-31-16-7-2-1-5-14(13)16)20(35)32-17(21(36)37)8-4-10-30-23(27)28/h1-2,5,7,12,15,17-18,31H,3-4,6,8-11,24H2,(H,32,35)(H,33,34)(H,36,37)(H4,25,26,29)(H4,27,28,30). The average Bonchev–Trinajstić information content (AvgIpc) is 3.25. The van der Waals surface area contributed by atoms with Crippen LogP contribution in [0.25, 0.3) is 10.9 Å². The van der Waals surface area contributed by atoms with Gasteiger partial charge >= 0.3 is 5.97 Å². The van der Waals surface area contributed by atoms with E-state index in [9.17, 15) is 19.5 Å². The zero-order valence-electron chi connectivity index (χ0n) is 20.5. The van der Waals surface area contributed by atoms with Crippen molar-refractivity contribution < 1.29 is 19.5 Å². The van der Waals surface area contributed by atoms with Gasteiger partial charge in [-0.3, -0.25) is 19.6 Å². The quantitative estimate of drug-likeness (QED) is 0.0732. The summed E-state index contributed by atoms with van der Waals surface area (Å²) in [6.07, 6.45) is 3.03. The second kappa shape index (κ2) is 14.3. The van der Waals surface area contributed by atoms with Crippen molar-refractivity contribution in [1.29, 1.82) is 0 Å². The molecule has 0 saturated heterocycles. The molecule has 14 heteroatoms. The Kier molecular flexibility index (Phi) is 11.2. The van der Waals surface area contributed by atoms with Gasteiger partial charge in [-0.25, -0.2) is 4.79 Å². The number of rotatable bonds is 15. The Labute approximate surface area is 214 Å². The average molecular weight is 517 g/mol. The number of aliphatic carboxylic acids is 1. The van der Waals surface area contributed by atoms with Crippen LogP contribution >= 0.6 is 0 Å². The Morgan fingerprint density at radius 1 is 0.892 bits per heavy atom. The van der Waals surface area contributed by atoms with Crippen LogP contribution in [0, 0.1) is 0 Å². The Hall–Kier alpha value is -4.33.